The summed E-state index contributed by atoms with van der Waals surface area (Å²) >= 11 is 0. The van der Waals surface area contributed by atoms with Crippen molar-refractivity contribution >= 4 is 0 Å². The van der Waals surface area contributed by atoms with Crippen LogP contribution in [-0.2, 0) is 12.0 Å². The summed E-state index contributed by atoms with van der Waals surface area (Å²) in [6.07, 6.45) is 5.78. The van der Waals surface area contributed by atoms with E-state index in [1.807, 2.05) is 0 Å². The van der Waals surface area contributed by atoms with Gasteiger partial charge < -0.3 is 9.84 Å². The Morgan fingerprint density at radius 2 is 1.95 bits per heavy atom. The van der Waals surface area contributed by atoms with Crippen LogP contribution in [0.3, 0.4) is 0 Å². The number of hydrogen-bond acceptors (Lipinski definition) is 4. The SMILES string of the molecule is CCCNCc1nc(C2(c3ccccc3)CCCC2)no1. The fourth-order valence-electron chi connectivity index (χ4n) is 3.27. The van der Waals surface area contributed by atoms with E-state index in [2.05, 4.69) is 52.7 Å². The molecule has 1 fully saturated rings. The number of hydrogen-bond donors (Lipinski definition) is 1. The van der Waals surface area contributed by atoms with Gasteiger partial charge in [-0.1, -0.05) is 55.3 Å². The second-order valence-electron chi connectivity index (χ2n) is 5.84. The van der Waals surface area contributed by atoms with Crippen LogP contribution in [0.2, 0.25) is 0 Å². The van der Waals surface area contributed by atoms with Crippen molar-refractivity contribution in [3.63, 3.8) is 0 Å². The van der Waals surface area contributed by atoms with E-state index in [1.165, 1.54) is 18.4 Å². The van der Waals surface area contributed by atoms with Crippen LogP contribution in [0.4, 0.5) is 0 Å². The smallest absolute Gasteiger partial charge is 0.240 e. The van der Waals surface area contributed by atoms with Gasteiger partial charge in [0, 0.05) is 0 Å². The van der Waals surface area contributed by atoms with Gasteiger partial charge in [-0.25, -0.2) is 0 Å². The van der Waals surface area contributed by atoms with Crippen LogP contribution in [0.1, 0.15) is 56.3 Å². The first-order valence-electron chi connectivity index (χ1n) is 7.94. The molecule has 0 unspecified atom stereocenters. The van der Waals surface area contributed by atoms with E-state index in [-0.39, 0.29) is 5.41 Å². The normalized spacial score (nSPS) is 17.2. The first kappa shape index (κ1) is 14.3. The first-order valence-corrected chi connectivity index (χ1v) is 7.94. The minimum atomic E-state index is -0.0479. The van der Waals surface area contributed by atoms with Gasteiger partial charge >= 0.3 is 0 Å². The lowest BCUT2D eigenvalue weighted by Crippen LogP contribution is -2.25. The molecular formula is C17H23N3O. The minimum Gasteiger partial charge on any atom is -0.338 e. The highest BCUT2D eigenvalue weighted by Crippen LogP contribution is 2.44. The van der Waals surface area contributed by atoms with Gasteiger partial charge in [-0.05, 0) is 31.4 Å². The Morgan fingerprint density at radius 3 is 2.67 bits per heavy atom. The van der Waals surface area contributed by atoms with E-state index in [1.54, 1.807) is 0 Å². The highest BCUT2D eigenvalue weighted by atomic mass is 16.5. The average molecular weight is 285 g/mol. The molecule has 1 aliphatic carbocycles. The number of nitrogens with one attached hydrogen (secondary N) is 1. The van der Waals surface area contributed by atoms with Gasteiger partial charge in [0.25, 0.3) is 0 Å². The Bertz CT molecular complexity index is 558. The summed E-state index contributed by atoms with van der Waals surface area (Å²) < 4.78 is 5.45. The molecule has 1 saturated carbocycles. The number of benzene rings is 1. The summed E-state index contributed by atoms with van der Waals surface area (Å²) in [6, 6.07) is 10.6. The van der Waals surface area contributed by atoms with Crippen LogP contribution in [0.25, 0.3) is 0 Å². The molecule has 1 aromatic heterocycles. The lowest BCUT2D eigenvalue weighted by molar-refractivity contribution is 0.352. The van der Waals surface area contributed by atoms with Crippen molar-refractivity contribution in [2.75, 3.05) is 6.54 Å². The standard InChI is InChI=1S/C17H23N3O/c1-2-12-18-13-15-19-16(20-21-15)17(10-6-7-11-17)14-8-4-3-5-9-14/h3-5,8-9,18H,2,6-7,10-13H2,1H3. The molecule has 21 heavy (non-hydrogen) atoms. The van der Waals surface area contributed by atoms with E-state index in [0.29, 0.717) is 12.4 Å². The molecule has 1 heterocycles. The molecule has 1 aliphatic rings. The Morgan fingerprint density at radius 1 is 1.19 bits per heavy atom. The molecular weight excluding hydrogens is 262 g/mol. The Kier molecular flexibility index (Phi) is 4.34. The third-order valence-corrected chi connectivity index (χ3v) is 4.38. The first-order chi connectivity index (χ1) is 10.3. The molecule has 0 bridgehead atoms. The van der Waals surface area contributed by atoms with Crippen LogP contribution >= 0.6 is 0 Å². The summed E-state index contributed by atoms with van der Waals surface area (Å²) in [7, 11) is 0. The molecule has 0 radical (unpaired) electrons. The van der Waals surface area contributed by atoms with Crippen LogP contribution < -0.4 is 5.32 Å². The molecule has 4 heteroatoms. The van der Waals surface area contributed by atoms with Crippen LogP contribution in [-0.4, -0.2) is 16.7 Å². The number of nitrogens with zero attached hydrogens (tertiary/aromatic N) is 2. The Labute approximate surface area is 126 Å². The van der Waals surface area contributed by atoms with Crippen molar-refractivity contribution in [2.45, 2.75) is 51.0 Å². The summed E-state index contributed by atoms with van der Waals surface area (Å²) in [5, 5.41) is 7.61. The summed E-state index contributed by atoms with van der Waals surface area (Å²) in [6.45, 7) is 3.78. The molecule has 0 amide bonds. The molecule has 1 N–H and O–H groups in total. The zero-order valence-electron chi connectivity index (χ0n) is 12.6. The van der Waals surface area contributed by atoms with Crippen molar-refractivity contribution in [3.05, 3.63) is 47.6 Å². The van der Waals surface area contributed by atoms with Crippen molar-refractivity contribution in [3.8, 4) is 0 Å². The van der Waals surface area contributed by atoms with E-state index in [4.69, 9.17) is 4.52 Å². The van der Waals surface area contributed by atoms with Crippen LogP contribution in [0.15, 0.2) is 34.9 Å². The maximum absolute atomic E-state index is 5.45. The van der Waals surface area contributed by atoms with Crippen LogP contribution in [0.5, 0.6) is 0 Å². The lowest BCUT2D eigenvalue weighted by atomic mass is 9.78. The third-order valence-electron chi connectivity index (χ3n) is 4.38. The molecule has 4 nitrogen and oxygen atoms in total. The van der Waals surface area contributed by atoms with Gasteiger partial charge in [-0.15, -0.1) is 0 Å². The maximum Gasteiger partial charge on any atom is 0.240 e. The zero-order valence-corrected chi connectivity index (χ0v) is 12.6. The zero-order chi connectivity index (χ0) is 14.5. The summed E-state index contributed by atoms with van der Waals surface area (Å²) in [4.78, 5) is 4.67. The molecule has 0 saturated heterocycles. The van der Waals surface area contributed by atoms with E-state index in [0.717, 1.165) is 31.6 Å². The monoisotopic (exact) mass is 285 g/mol. The van der Waals surface area contributed by atoms with Gasteiger partial charge in [0.1, 0.15) is 0 Å². The van der Waals surface area contributed by atoms with Crippen molar-refractivity contribution < 1.29 is 4.52 Å². The molecule has 112 valence electrons. The predicted octanol–water partition coefficient (Wildman–Crippen LogP) is 3.43. The Hall–Kier alpha value is -1.68. The Balaban J connectivity index is 1.85. The predicted molar refractivity (Wildman–Crippen MR) is 82.0 cm³/mol. The molecule has 0 aliphatic heterocycles. The van der Waals surface area contributed by atoms with Gasteiger partial charge in [0.2, 0.25) is 5.89 Å². The highest BCUT2D eigenvalue weighted by molar-refractivity contribution is 5.33. The quantitative estimate of drug-likeness (QED) is 0.826. The molecule has 0 spiro atoms. The summed E-state index contributed by atoms with van der Waals surface area (Å²) in [5.74, 6) is 1.56. The summed E-state index contributed by atoms with van der Waals surface area (Å²) in [5.41, 5.74) is 1.27. The highest BCUT2D eigenvalue weighted by Gasteiger charge is 2.41. The third kappa shape index (κ3) is 2.86. The number of aromatic nitrogens is 2. The van der Waals surface area contributed by atoms with Gasteiger partial charge in [0.15, 0.2) is 5.82 Å². The fourth-order valence-corrected chi connectivity index (χ4v) is 3.27. The van der Waals surface area contributed by atoms with Gasteiger partial charge in [-0.3, -0.25) is 0 Å². The second kappa shape index (κ2) is 6.39. The molecule has 2 aromatic rings. The van der Waals surface area contributed by atoms with Crippen molar-refractivity contribution in [1.29, 1.82) is 0 Å². The molecule has 1 aromatic carbocycles. The topological polar surface area (TPSA) is 51.0 Å². The maximum atomic E-state index is 5.45. The minimum absolute atomic E-state index is 0.0479. The van der Waals surface area contributed by atoms with E-state index >= 15 is 0 Å². The average Bonchev–Trinajstić information content (AvgIpc) is 3.18. The molecule has 3 rings (SSSR count). The van der Waals surface area contributed by atoms with Crippen molar-refractivity contribution in [1.82, 2.24) is 15.5 Å². The van der Waals surface area contributed by atoms with E-state index < -0.39 is 0 Å². The van der Waals surface area contributed by atoms with E-state index in [9.17, 15) is 0 Å². The largest absolute Gasteiger partial charge is 0.338 e. The van der Waals surface area contributed by atoms with Crippen LogP contribution in [0, 0.1) is 0 Å². The van der Waals surface area contributed by atoms with Gasteiger partial charge in [0.05, 0.1) is 12.0 Å². The number of rotatable bonds is 6. The van der Waals surface area contributed by atoms with Crippen molar-refractivity contribution in [2.24, 2.45) is 0 Å². The molecule has 0 atom stereocenters. The fraction of sp³-hybridized carbons (Fsp3) is 0.529. The second-order valence-corrected chi connectivity index (χ2v) is 5.84. The van der Waals surface area contributed by atoms with Gasteiger partial charge in [-0.2, -0.15) is 4.98 Å². The lowest BCUT2D eigenvalue weighted by Gasteiger charge is -2.25.